The van der Waals surface area contributed by atoms with Gasteiger partial charge in [0.1, 0.15) is 5.75 Å². The number of rotatable bonds is 7. The highest BCUT2D eigenvalue weighted by atomic mass is 32.2. The molecule has 0 radical (unpaired) electrons. The van der Waals surface area contributed by atoms with Crippen molar-refractivity contribution in [2.45, 2.75) is 43.9 Å². The molecule has 2 fully saturated rings. The van der Waals surface area contributed by atoms with Gasteiger partial charge in [0.05, 0.1) is 5.25 Å². The number of hydrogen-bond acceptors (Lipinski definition) is 2. The highest BCUT2D eigenvalue weighted by Gasteiger charge is 2.42. The second-order valence-electron chi connectivity index (χ2n) is 8.42. The Morgan fingerprint density at radius 3 is 2.11 bits per heavy atom. The highest BCUT2D eigenvalue weighted by Crippen LogP contribution is 2.49. The highest BCUT2D eigenvalue weighted by molar-refractivity contribution is 7.86. The van der Waals surface area contributed by atoms with Gasteiger partial charge in [-0.25, -0.2) is 0 Å². The zero-order valence-electron chi connectivity index (χ0n) is 16.4. The van der Waals surface area contributed by atoms with E-state index < -0.39 is 10.8 Å². The number of carbonyl (C=O) groups is 1. The summed E-state index contributed by atoms with van der Waals surface area (Å²) in [4.78, 5) is 12.7. The van der Waals surface area contributed by atoms with Gasteiger partial charge in [0.15, 0.2) is 0 Å². The zero-order valence-corrected chi connectivity index (χ0v) is 17.2. The minimum Gasteiger partial charge on any atom is -0.353 e. The number of carbonyl (C=O) groups excluding carboxylic acids is 1. The Morgan fingerprint density at radius 1 is 1.00 bits per heavy atom. The van der Waals surface area contributed by atoms with Crippen LogP contribution in [0.25, 0.3) is 0 Å². The second kappa shape index (κ2) is 8.60. The first-order valence-corrected chi connectivity index (χ1v) is 11.8. The van der Waals surface area contributed by atoms with Crippen molar-refractivity contribution in [3.63, 3.8) is 0 Å². The quantitative estimate of drug-likeness (QED) is 0.752. The topological polar surface area (TPSA) is 46.2 Å². The lowest BCUT2D eigenvalue weighted by atomic mass is 9.84. The smallest absolute Gasteiger partial charge is 0.232 e. The molecule has 2 aliphatic carbocycles. The van der Waals surface area contributed by atoms with Crippen LogP contribution in [0.15, 0.2) is 60.7 Å². The van der Waals surface area contributed by atoms with Gasteiger partial charge < -0.3 is 5.32 Å². The van der Waals surface area contributed by atoms with Gasteiger partial charge >= 0.3 is 0 Å². The van der Waals surface area contributed by atoms with E-state index in [1.807, 2.05) is 60.7 Å². The van der Waals surface area contributed by atoms with Crippen LogP contribution in [0.1, 0.15) is 49.0 Å². The van der Waals surface area contributed by atoms with E-state index in [1.165, 1.54) is 25.7 Å². The number of hydrogen-bond donors (Lipinski definition) is 1. The van der Waals surface area contributed by atoms with Crippen molar-refractivity contribution in [1.82, 2.24) is 5.32 Å². The predicted octanol–water partition coefficient (Wildman–Crippen LogP) is 4.47. The molecule has 1 amide bonds. The van der Waals surface area contributed by atoms with Crippen LogP contribution in [0.3, 0.4) is 0 Å². The standard InChI is InChI=1S/C24H29NO2S/c1-17(22-15-18-12-13-21(22)14-18)25-23(26)16-28(27)24(19-8-4-2-5-9-19)20-10-6-3-7-11-20/h2-11,17-18,21-22,24H,12-16H2,1H3,(H,25,26)/t17-,18-,21-,22+,28-/m1/s1. The molecule has 5 atom stereocenters. The normalized spacial score (nSPS) is 25.6. The fourth-order valence-corrected chi connectivity index (χ4v) is 6.70. The summed E-state index contributed by atoms with van der Waals surface area (Å²) in [7, 11) is -1.32. The first-order chi connectivity index (χ1) is 13.6. The second-order valence-corrected chi connectivity index (χ2v) is 9.94. The molecule has 148 valence electrons. The summed E-state index contributed by atoms with van der Waals surface area (Å²) in [5.74, 6) is 2.18. The predicted molar refractivity (Wildman–Crippen MR) is 114 cm³/mol. The first-order valence-electron chi connectivity index (χ1n) is 10.4. The van der Waals surface area contributed by atoms with Gasteiger partial charge in [0.2, 0.25) is 5.91 Å². The monoisotopic (exact) mass is 395 g/mol. The molecule has 2 aromatic carbocycles. The summed E-state index contributed by atoms with van der Waals surface area (Å²) in [6.45, 7) is 2.12. The molecule has 2 aromatic rings. The van der Waals surface area contributed by atoms with Crippen molar-refractivity contribution in [1.29, 1.82) is 0 Å². The Balaban J connectivity index is 1.43. The van der Waals surface area contributed by atoms with Crippen molar-refractivity contribution >= 4 is 16.7 Å². The fraction of sp³-hybridized carbons (Fsp3) is 0.458. The van der Waals surface area contributed by atoms with E-state index in [4.69, 9.17) is 0 Å². The molecule has 0 saturated heterocycles. The average molecular weight is 396 g/mol. The van der Waals surface area contributed by atoms with Crippen LogP contribution in [0, 0.1) is 17.8 Å². The average Bonchev–Trinajstić information content (AvgIpc) is 3.33. The molecule has 0 spiro atoms. The third kappa shape index (κ3) is 4.22. The lowest BCUT2D eigenvalue weighted by Crippen LogP contribution is -2.42. The largest absolute Gasteiger partial charge is 0.353 e. The van der Waals surface area contributed by atoms with Crippen LogP contribution >= 0.6 is 0 Å². The SMILES string of the molecule is C[C@@H](NC(=O)C[S@@](=O)C(c1ccccc1)c1ccccc1)[C@@H]1C[C@@H]2CC[C@@H]1C2. The summed E-state index contributed by atoms with van der Waals surface area (Å²) in [5, 5.41) is 2.88. The van der Waals surface area contributed by atoms with Gasteiger partial charge in [-0.2, -0.15) is 0 Å². The van der Waals surface area contributed by atoms with Crippen molar-refractivity contribution in [3.8, 4) is 0 Å². The van der Waals surface area contributed by atoms with Gasteiger partial charge in [-0.15, -0.1) is 0 Å². The summed E-state index contributed by atoms with van der Waals surface area (Å²) in [5.41, 5.74) is 1.97. The molecule has 4 rings (SSSR count). The maximum Gasteiger partial charge on any atom is 0.232 e. The van der Waals surface area contributed by atoms with Gasteiger partial charge in [-0.1, -0.05) is 67.1 Å². The Hall–Kier alpha value is -1.94. The van der Waals surface area contributed by atoms with E-state index in [1.54, 1.807) is 0 Å². The number of benzene rings is 2. The summed E-state index contributed by atoms with van der Waals surface area (Å²) < 4.78 is 13.2. The van der Waals surface area contributed by atoms with Gasteiger partial charge in [0, 0.05) is 16.8 Å². The molecule has 0 aromatic heterocycles. The number of amides is 1. The molecule has 4 heteroatoms. The van der Waals surface area contributed by atoms with Crippen LogP contribution in [-0.2, 0) is 15.6 Å². The van der Waals surface area contributed by atoms with E-state index in [2.05, 4.69) is 12.2 Å². The van der Waals surface area contributed by atoms with Crippen molar-refractivity contribution in [2.24, 2.45) is 17.8 Å². The maximum absolute atomic E-state index is 13.2. The molecule has 0 heterocycles. The minimum atomic E-state index is -1.32. The lowest BCUT2D eigenvalue weighted by molar-refractivity contribution is -0.119. The van der Waals surface area contributed by atoms with E-state index in [9.17, 15) is 9.00 Å². The van der Waals surface area contributed by atoms with Gasteiger partial charge in [0.25, 0.3) is 0 Å². The molecule has 1 N–H and O–H groups in total. The van der Waals surface area contributed by atoms with Crippen molar-refractivity contribution < 1.29 is 9.00 Å². The molecule has 2 aliphatic rings. The third-order valence-corrected chi connectivity index (χ3v) is 8.18. The maximum atomic E-state index is 13.2. The molecule has 28 heavy (non-hydrogen) atoms. The molecular weight excluding hydrogens is 366 g/mol. The summed E-state index contributed by atoms with van der Waals surface area (Å²) in [6.07, 6.45) is 5.25. The summed E-state index contributed by atoms with van der Waals surface area (Å²) >= 11 is 0. The molecule has 3 nitrogen and oxygen atoms in total. The van der Waals surface area contributed by atoms with Gasteiger partial charge in [-0.05, 0) is 55.1 Å². The van der Waals surface area contributed by atoms with Crippen molar-refractivity contribution in [2.75, 3.05) is 5.75 Å². The number of nitrogens with one attached hydrogen (secondary N) is 1. The van der Waals surface area contributed by atoms with Crippen LogP contribution < -0.4 is 5.32 Å². The Labute approximate surface area is 170 Å². The van der Waals surface area contributed by atoms with E-state index in [-0.39, 0.29) is 23.0 Å². The minimum absolute atomic E-state index is 0.0413. The molecule has 2 saturated carbocycles. The molecule has 0 aliphatic heterocycles. The Morgan fingerprint density at radius 2 is 1.61 bits per heavy atom. The van der Waals surface area contributed by atoms with Gasteiger partial charge in [-0.3, -0.25) is 9.00 Å². The zero-order chi connectivity index (χ0) is 19.5. The molecule has 2 bridgehead atoms. The van der Waals surface area contributed by atoms with Crippen LogP contribution in [0.4, 0.5) is 0 Å². The van der Waals surface area contributed by atoms with E-state index in [0.717, 1.165) is 23.0 Å². The van der Waals surface area contributed by atoms with E-state index >= 15 is 0 Å². The van der Waals surface area contributed by atoms with E-state index in [0.29, 0.717) is 5.92 Å². The first kappa shape index (κ1) is 19.4. The molecule has 0 unspecified atom stereocenters. The number of fused-ring (bicyclic) bond motifs is 2. The van der Waals surface area contributed by atoms with Crippen LogP contribution in [0.5, 0.6) is 0 Å². The fourth-order valence-electron chi connectivity index (χ4n) is 5.27. The third-order valence-electron chi connectivity index (χ3n) is 6.56. The Kier molecular flexibility index (Phi) is 5.96. The lowest BCUT2D eigenvalue weighted by Gasteiger charge is -2.28. The van der Waals surface area contributed by atoms with Crippen LogP contribution in [-0.4, -0.2) is 21.9 Å². The molecular formula is C24H29NO2S. The summed E-state index contributed by atoms with van der Waals surface area (Å²) in [6, 6.07) is 19.9. The van der Waals surface area contributed by atoms with Crippen LogP contribution in [0.2, 0.25) is 0 Å². The van der Waals surface area contributed by atoms with Crippen molar-refractivity contribution in [3.05, 3.63) is 71.8 Å². The Bertz CT molecular complexity index is 784.